The number of hydrogen-bond donors (Lipinski definition) is 1. The lowest BCUT2D eigenvalue weighted by molar-refractivity contribution is 0.628. The summed E-state index contributed by atoms with van der Waals surface area (Å²) in [4.78, 5) is 8.52. The summed E-state index contributed by atoms with van der Waals surface area (Å²) in [6.45, 7) is 0. The van der Waals surface area contributed by atoms with Crippen LogP contribution in [0, 0.1) is 5.82 Å². The maximum atomic E-state index is 12.9. The number of nitrogens with one attached hydrogen (secondary N) is 1. The molecule has 2 aromatic heterocycles. The fourth-order valence-corrected chi connectivity index (χ4v) is 2.35. The zero-order valence-corrected chi connectivity index (χ0v) is 11.7. The average Bonchev–Trinajstić information content (AvgIpc) is 2.98. The number of rotatable bonds is 4. The quantitative estimate of drug-likeness (QED) is 0.589. The Kier molecular flexibility index (Phi) is 3.97. The van der Waals surface area contributed by atoms with E-state index in [0.29, 0.717) is 5.13 Å². The zero-order chi connectivity index (χ0) is 14.5. The third kappa shape index (κ3) is 3.49. The largest absolute Gasteiger partial charge is 0.255 e. The van der Waals surface area contributed by atoms with Gasteiger partial charge in [-0.05, 0) is 36.4 Å². The molecule has 0 saturated heterocycles. The van der Waals surface area contributed by atoms with Crippen molar-refractivity contribution in [3.8, 4) is 11.3 Å². The zero-order valence-electron chi connectivity index (χ0n) is 10.9. The van der Waals surface area contributed by atoms with E-state index in [1.807, 2.05) is 23.6 Å². The van der Waals surface area contributed by atoms with E-state index in [9.17, 15) is 4.39 Å². The van der Waals surface area contributed by atoms with E-state index in [-0.39, 0.29) is 5.82 Å². The van der Waals surface area contributed by atoms with Crippen molar-refractivity contribution in [2.24, 2.45) is 5.10 Å². The molecule has 1 N–H and O–H groups in total. The molecule has 3 aromatic rings. The molecule has 0 saturated carbocycles. The summed E-state index contributed by atoms with van der Waals surface area (Å²) in [6, 6.07) is 11.8. The van der Waals surface area contributed by atoms with Crippen LogP contribution in [0.2, 0.25) is 0 Å². The van der Waals surface area contributed by atoms with Crippen LogP contribution in [0.15, 0.2) is 59.1 Å². The number of aromatic nitrogens is 2. The molecule has 0 unspecified atom stereocenters. The van der Waals surface area contributed by atoms with E-state index >= 15 is 0 Å². The number of halogens is 1. The second-order valence-corrected chi connectivity index (χ2v) is 5.03. The highest BCUT2D eigenvalue weighted by molar-refractivity contribution is 7.14. The van der Waals surface area contributed by atoms with E-state index < -0.39 is 0 Å². The molecule has 4 nitrogen and oxygen atoms in total. The van der Waals surface area contributed by atoms with Gasteiger partial charge in [0, 0.05) is 17.1 Å². The summed E-state index contributed by atoms with van der Waals surface area (Å²) in [5.41, 5.74) is 5.28. The van der Waals surface area contributed by atoms with Gasteiger partial charge in [0.1, 0.15) is 5.82 Å². The predicted octanol–water partition coefficient (Wildman–Crippen LogP) is 3.79. The molecule has 3 rings (SSSR count). The van der Waals surface area contributed by atoms with E-state index in [4.69, 9.17) is 0 Å². The Bertz CT molecular complexity index is 738. The fraction of sp³-hybridized carbons (Fsp3) is 0. The Morgan fingerprint density at radius 1 is 1.14 bits per heavy atom. The number of benzene rings is 1. The van der Waals surface area contributed by atoms with Gasteiger partial charge in [0.2, 0.25) is 5.13 Å². The van der Waals surface area contributed by atoms with E-state index in [2.05, 4.69) is 20.5 Å². The highest BCUT2D eigenvalue weighted by Crippen LogP contribution is 2.24. The summed E-state index contributed by atoms with van der Waals surface area (Å²) < 4.78 is 12.9. The minimum absolute atomic E-state index is 0.257. The number of thiazole rings is 1. The van der Waals surface area contributed by atoms with Crippen molar-refractivity contribution in [3.63, 3.8) is 0 Å². The molecule has 6 heteroatoms. The van der Waals surface area contributed by atoms with Gasteiger partial charge in [0.15, 0.2) is 0 Å². The monoisotopic (exact) mass is 298 g/mol. The Hall–Kier alpha value is -2.60. The van der Waals surface area contributed by atoms with Gasteiger partial charge in [-0.1, -0.05) is 6.07 Å². The van der Waals surface area contributed by atoms with Gasteiger partial charge in [-0.15, -0.1) is 11.3 Å². The van der Waals surface area contributed by atoms with Crippen molar-refractivity contribution >= 4 is 22.7 Å². The van der Waals surface area contributed by atoms with Gasteiger partial charge in [0.25, 0.3) is 0 Å². The summed E-state index contributed by atoms with van der Waals surface area (Å²) in [7, 11) is 0. The van der Waals surface area contributed by atoms with Gasteiger partial charge in [-0.25, -0.2) is 9.37 Å². The van der Waals surface area contributed by atoms with Gasteiger partial charge in [0.05, 0.1) is 17.6 Å². The third-order valence-corrected chi connectivity index (χ3v) is 3.44. The Morgan fingerprint density at radius 3 is 2.76 bits per heavy atom. The first-order valence-electron chi connectivity index (χ1n) is 6.23. The maximum Gasteiger partial charge on any atom is 0.203 e. The molecule has 21 heavy (non-hydrogen) atoms. The molecule has 0 radical (unpaired) electrons. The molecule has 0 bridgehead atoms. The Balaban J connectivity index is 1.68. The van der Waals surface area contributed by atoms with Gasteiger partial charge < -0.3 is 0 Å². The molecule has 0 spiro atoms. The predicted molar refractivity (Wildman–Crippen MR) is 83.0 cm³/mol. The van der Waals surface area contributed by atoms with E-state index in [0.717, 1.165) is 17.0 Å². The smallest absolute Gasteiger partial charge is 0.203 e. The third-order valence-electron chi connectivity index (χ3n) is 2.69. The van der Waals surface area contributed by atoms with Crippen LogP contribution >= 0.6 is 11.3 Å². The van der Waals surface area contributed by atoms with Crippen molar-refractivity contribution in [2.75, 3.05) is 5.43 Å². The van der Waals surface area contributed by atoms with Crippen molar-refractivity contribution in [3.05, 3.63) is 65.6 Å². The number of pyridine rings is 1. The molecular weight excluding hydrogens is 287 g/mol. The van der Waals surface area contributed by atoms with Crippen LogP contribution in [0.25, 0.3) is 11.3 Å². The van der Waals surface area contributed by atoms with Crippen molar-refractivity contribution in [1.29, 1.82) is 0 Å². The Labute approximate surface area is 125 Å². The summed E-state index contributed by atoms with van der Waals surface area (Å²) >= 11 is 1.43. The SMILES string of the molecule is Fc1ccc(-c2csc(N/N=C\c3ccccn3)n2)cc1. The minimum atomic E-state index is -0.257. The molecule has 104 valence electrons. The topological polar surface area (TPSA) is 50.2 Å². The number of hydrogen-bond acceptors (Lipinski definition) is 5. The van der Waals surface area contributed by atoms with Crippen LogP contribution in [0.3, 0.4) is 0 Å². The van der Waals surface area contributed by atoms with E-state index in [1.54, 1.807) is 24.5 Å². The van der Waals surface area contributed by atoms with E-state index in [1.165, 1.54) is 23.5 Å². The number of anilines is 1. The molecule has 0 atom stereocenters. The number of nitrogens with zero attached hydrogens (tertiary/aromatic N) is 3. The van der Waals surface area contributed by atoms with Crippen molar-refractivity contribution < 1.29 is 4.39 Å². The van der Waals surface area contributed by atoms with Crippen LogP contribution in [0.5, 0.6) is 0 Å². The van der Waals surface area contributed by atoms with Crippen LogP contribution in [-0.4, -0.2) is 16.2 Å². The van der Waals surface area contributed by atoms with Crippen LogP contribution in [0.1, 0.15) is 5.69 Å². The first-order chi connectivity index (χ1) is 10.3. The highest BCUT2D eigenvalue weighted by atomic mass is 32.1. The summed E-state index contributed by atoms with van der Waals surface area (Å²) in [5.74, 6) is -0.257. The number of hydrazone groups is 1. The summed E-state index contributed by atoms with van der Waals surface area (Å²) in [5, 5.41) is 6.65. The normalized spacial score (nSPS) is 10.9. The van der Waals surface area contributed by atoms with Gasteiger partial charge >= 0.3 is 0 Å². The average molecular weight is 298 g/mol. The molecule has 0 fully saturated rings. The minimum Gasteiger partial charge on any atom is -0.255 e. The van der Waals surface area contributed by atoms with Crippen molar-refractivity contribution in [2.45, 2.75) is 0 Å². The summed E-state index contributed by atoms with van der Waals surface area (Å²) in [6.07, 6.45) is 3.33. The molecule has 1 aromatic carbocycles. The van der Waals surface area contributed by atoms with Crippen LogP contribution in [0.4, 0.5) is 9.52 Å². The van der Waals surface area contributed by atoms with Crippen molar-refractivity contribution in [1.82, 2.24) is 9.97 Å². The molecule has 0 aliphatic heterocycles. The first kappa shape index (κ1) is 13.4. The highest BCUT2D eigenvalue weighted by Gasteiger charge is 2.03. The second-order valence-electron chi connectivity index (χ2n) is 4.17. The molecule has 0 amide bonds. The van der Waals surface area contributed by atoms with Gasteiger partial charge in [-0.2, -0.15) is 5.10 Å². The fourth-order valence-electron chi connectivity index (χ4n) is 1.68. The van der Waals surface area contributed by atoms with Crippen LogP contribution in [-0.2, 0) is 0 Å². The molecule has 0 aliphatic carbocycles. The molecule has 2 heterocycles. The Morgan fingerprint density at radius 2 is 2.00 bits per heavy atom. The standard InChI is InChI=1S/C15H11FN4S/c16-12-6-4-11(5-7-12)14-10-21-15(19-14)20-18-9-13-3-1-2-8-17-13/h1-10H,(H,19,20)/b18-9-. The second kappa shape index (κ2) is 6.23. The lowest BCUT2D eigenvalue weighted by Gasteiger charge is -1.96. The first-order valence-corrected chi connectivity index (χ1v) is 7.11. The molecule has 0 aliphatic rings. The molecular formula is C15H11FN4S. The lowest BCUT2D eigenvalue weighted by atomic mass is 10.2. The maximum absolute atomic E-state index is 12.9. The lowest BCUT2D eigenvalue weighted by Crippen LogP contribution is -1.91. The van der Waals surface area contributed by atoms with Gasteiger partial charge in [-0.3, -0.25) is 10.4 Å². The van der Waals surface area contributed by atoms with Crippen LogP contribution < -0.4 is 5.43 Å².